The van der Waals surface area contributed by atoms with Gasteiger partial charge in [0.1, 0.15) is 5.82 Å². The number of nitrogens with zero attached hydrogens (tertiary/aromatic N) is 2. The number of nitrogens with one attached hydrogen (secondary N) is 1. The second-order valence-corrected chi connectivity index (χ2v) is 4.87. The van der Waals surface area contributed by atoms with Crippen LogP contribution in [0.4, 0.5) is 5.82 Å². The van der Waals surface area contributed by atoms with E-state index in [-0.39, 0.29) is 6.61 Å². The average Bonchev–Trinajstić information content (AvgIpc) is 2.47. The Labute approximate surface area is 114 Å². The smallest absolute Gasteiger partial charge is 0.125 e. The number of ether oxygens (including phenoxy) is 1. The summed E-state index contributed by atoms with van der Waals surface area (Å²) in [6.07, 6.45) is 4.33. The molecule has 5 nitrogen and oxygen atoms in total. The number of hydrogen-bond donors (Lipinski definition) is 2. The second-order valence-electron chi connectivity index (χ2n) is 4.87. The van der Waals surface area contributed by atoms with Crippen LogP contribution in [-0.2, 0) is 11.3 Å². The Morgan fingerprint density at radius 3 is 2.79 bits per heavy atom. The molecule has 1 aliphatic heterocycles. The molecule has 1 fully saturated rings. The molecule has 0 aromatic carbocycles. The number of aromatic nitrogens is 1. The summed E-state index contributed by atoms with van der Waals surface area (Å²) in [6, 6.07) is 4.12. The molecule has 0 amide bonds. The number of likely N-dealkylation sites (tertiary alicyclic amines) is 1. The quantitative estimate of drug-likeness (QED) is 0.806. The highest BCUT2D eigenvalue weighted by atomic mass is 16.5. The van der Waals surface area contributed by atoms with Gasteiger partial charge in [0.25, 0.3) is 0 Å². The highest BCUT2D eigenvalue weighted by Gasteiger charge is 2.19. The van der Waals surface area contributed by atoms with Crippen LogP contribution in [0.2, 0.25) is 0 Å². The fourth-order valence-electron chi connectivity index (χ4n) is 2.38. The van der Waals surface area contributed by atoms with Gasteiger partial charge in [0, 0.05) is 32.9 Å². The molecule has 5 heteroatoms. The number of rotatable bonds is 6. The lowest BCUT2D eigenvalue weighted by Gasteiger charge is -2.31. The Kier molecular flexibility index (Phi) is 5.57. The maximum Gasteiger partial charge on any atom is 0.125 e. The first kappa shape index (κ1) is 14.2. The summed E-state index contributed by atoms with van der Waals surface area (Å²) in [5.41, 5.74) is 1.24. The molecule has 0 spiro atoms. The monoisotopic (exact) mass is 265 g/mol. The minimum Gasteiger partial charge on any atom is -0.394 e. The summed E-state index contributed by atoms with van der Waals surface area (Å²) in [5.74, 6) is 0.903. The van der Waals surface area contributed by atoms with Gasteiger partial charge in [-0.05, 0) is 24.5 Å². The van der Waals surface area contributed by atoms with Crippen molar-refractivity contribution >= 4 is 5.82 Å². The Balaban J connectivity index is 1.75. The van der Waals surface area contributed by atoms with Crippen molar-refractivity contribution in [2.75, 3.05) is 38.7 Å². The summed E-state index contributed by atoms with van der Waals surface area (Å²) in [7, 11) is 1.87. The molecule has 0 saturated carbocycles. The molecule has 1 aromatic heterocycles. The van der Waals surface area contributed by atoms with Crippen LogP contribution in [0.15, 0.2) is 18.3 Å². The summed E-state index contributed by atoms with van der Waals surface area (Å²) in [6.45, 7) is 3.61. The number of hydrogen-bond acceptors (Lipinski definition) is 5. The van der Waals surface area contributed by atoms with Gasteiger partial charge >= 0.3 is 0 Å². The van der Waals surface area contributed by atoms with Crippen molar-refractivity contribution in [1.29, 1.82) is 0 Å². The number of anilines is 1. The molecular formula is C14H23N3O2. The Morgan fingerprint density at radius 1 is 1.42 bits per heavy atom. The van der Waals surface area contributed by atoms with E-state index in [9.17, 15) is 0 Å². The van der Waals surface area contributed by atoms with Crippen LogP contribution in [0.5, 0.6) is 0 Å². The van der Waals surface area contributed by atoms with Gasteiger partial charge in [-0.1, -0.05) is 6.07 Å². The molecule has 0 unspecified atom stereocenters. The molecule has 0 bridgehead atoms. The fraction of sp³-hybridized carbons (Fsp3) is 0.643. The average molecular weight is 265 g/mol. The lowest BCUT2D eigenvalue weighted by Crippen LogP contribution is -2.36. The first-order valence-electron chi connectivity index (χ1n) is 6.89. The zero-order chi connectivity index (χ0) is 13.5. The molecular weight excluding hydrogens is 242 g/mol. The molecule has 0 radical (unpaired) electrons. The predicted octanol–water partition coefficient (Wildman–Crippen LogP) is 1.10. The van der Waals surface area contributed by atoms with Crippen LogP contribution >= 0.6 is 0 Å². The minimum absolute atomic E-state index is 0.115. The third-order valence-corrected chi connectivity index (χ3v) is 3.47. The van der Waals surface area contributed by atoms with Crippen molar-refractivity contribution in [3.8, 4) is 0 Å². The highest BCUT2D eigenvalue weighted by molar-refractivity contribution is 5.34. The van der Waals surface area contributed by atoms with Gasteiger partial charge in [-0.3, -0.25) is 4.90 Å². The topological polar surface area (TPSA) is 57.6 Å². The summed E-state index contributed by atoms with van der Waals surface area (Å²) in [5, 5.41) is 11.8. The van der Waals surface area contributed by atoms with Crippen LogP contribution in [-0.4, -0.2) is 54.4 Å². The van der Waals surface area contributed by atoms with E-state index in [0.29, 0.717) is 12.7 Å². The van der Waals surface area contributed by atoms with Gasteiger partial charge in [-0.2, -0.15) is 0 Å². The van der Waals surface area contributed by atoms with E-state index in [0.717, 1.165) is 38.3 Å². The summed E-state index contributed by atoms with van der Waals surface area (Å²) < 4.78 is 5.56. The van der Waals surface area contributed by atoms with E-state index in [4.69, 9.17) is 9.84 Å². The van der Waals surface area contributed by atoms with E-state index in [1.54, 1.807) is 0 Å². The zero-order valence-corrected chi connectivity index (χ0v) is 11.5. The zero-order valence-electron chi connectivity index (χ0n) is 11.5. The molecule has 2 heterocycles. The molecule has 2 N–H and O–H groups in total. The Hall–Kier alpha value is -1.17. The molecule has 1 saturated heterocycles. The van der Waals surface area contributed by atoms with Gasteiger partial charge < -0.3 is 15.2 Å². The fourth-order valence-corrected chi connectivity index (χ4v) is 2.38. The minimum atomic E-state index is 0.115. The van der Waals surface area contributed by atoms with Crippen molar-refractivity contribution < 1.29 is 9.84 Å². The second kappa shape index (κ2) is 7.43. The molecule has 106 valence electrons. The maximum absolute atomic E-state index is 8.74. The lowest BCUT2D eigenvalue weighted by molar-refractivity contribution is -0.00902. The SMILES string of the molecule is CNc1ccc(CN2CCC(OCCO)CC2)cn1. The lowest BCUT2D eigenvalue weighted by atomic mass is 10.1. The summed E-state index contributed by atoms with van der Waals surface area (Å²) >= 11 is 0. The van der Waals surface area contributed by atoms with E-state index >= 15 is 0 Å². The van der Waals surface area contributed by atoms with Gasteiger partial charge in [-0.25, -0.2) is 4.98 Å². The molecule has 1 aromatic rings. The molecule has 0 atom stereocenters. The first-order chi connectivity index (χ1) is 9.31. The van der Waals surface area contributed by atoms with Crippen LogP contribution in [0.25, 0.3) is 0 Å². The Bertz CT molecular complexity index is 361. The first-order valence-corrected chi connectivity index (χ1v) is 6.89. The van der Waals surface area contributed by atoms with Crippen molar-refractivity contribution in [1.82, 2.24) is 9.88 Å². The molecule has 2 rings (SSSR count). The van der Waals surface area contributed by atoms with Crippen molar-refractivity contribution in [3.63, 3.8) is 0 Å². The molecule has 0 aliphatic carbocycles. The summed E-state index contributed by atoms with van der Waals surface area (Å²) in [4.78, 5) is 6.75. The van der Waals surface area contributed by atoms with E-state index in [2.05, 4.69) is 21.3 Å². The van der Waals surface area contributed by atoms with E-state index in [1.165, 1.54) is 5.56 Å². The third-order valence-electron chi connectivity index (χ3n) is 3.47. The number of aliphatic hydroxyl groups is 1. The number of piperidine rings is 1. The highest BCUT2D eigenvalue weighted by Crippen LogP contribution is 2.16. The van der Waals surface area contributed by atoms with Crippen molar-refractivity contribution in [3.05, 3.63) is 23.9 Å². The molecule has 1 aliphatic rings. The Morgan fingerprint density at radius 2 is 2.21 bits per heavy atom. The standard InChI is InChI=1S/C14H23N3O2/c1-15-14-3-2-12(10-16-14)11-17-6-4-13(5-7-17)19-9-8-18/h2-3,10,13,18H,4-9,11H2,1H3,(H,15,16). The van der Waals surface area contributed by atoms with Gasteiger partial charge in [0.05, 0.1) is 19.3 Å². The van der Waals surface area contributed by atoms with Gasteiger partial charge in [0.15, 0.2) is 0 Å². The normalized spacial score (nSPS) is 17.6. The van der Waals surface area contributed by atoms with Crippen LogP contribution in [0.3, 0.4) is 0 Å². The third kappa shape index (κ3) is 4.45. The van der Waals surface area contributed by atoms with Crippen LogP contribution in [0, 0.1) is 0 Å². The van der Waals surface area contributed by atoms with Crippen LogP contribution in [0.1, 0.15) is 18.4 Å². The largest absolute Gasteiger partial charge is 0.394 e. The predicted molar refractivity (Wildman–Crippen MR) is 75.1 cm³/mol. The van der Waals surface area contributed by atoms with Crippen molar-refractivity contribution in [2.45, 2.75) is 25.5 Å². The molecule has 19 heavy (non-hydrogen) atoms. The maximum atomic E-state index is 8.74. The van der Waals surface area contributed by atoms with Gasteiger partial charge in [-0.15, -0.1) is 0 Å². The van der Waals surface area contributed by atoms with E-state index < -0.39 is 0 Å². The van der Waals surface area contributed by atoms with Crippen LogP contribution < -0.4 is 5.32 Å². The van der Waals surface area contributed by atoms with E-state index in [1.807, 2.05) is 19.3 Å². The number of pyridine rings is 1. The number of aliphatic hydroxyl groups excluding tert-OH is 1. The van der Waals surface area contributed by atoms with Gasteiger partial charge in [0.2, 0.25) is 0 Å². The van der Waals surface area contributed by atoms with Crippen molar-refractivity contribution in [2.24, 2.45) is 0 Å².